The van der Waals surface area contributed by atoms with E-state index >= 15 is 0 Å². The second kappa shape index (κ2) is 8.52. The van der Waals surface area contributed by atoms with Gasteiger partial charge in [0.05, 0.1) is 6.04 Å². The number of amides is 1. The van der Waals surface area contributed by atoms with Crippen LogP contribution in [0.3, 0.4) is 0 Å². The molecule has 0 fully saturated rings. The molecule has 21 heavy (non-hydrogen) atoms. The Morgan fingerprint density at radius 2 is 2.14 bits per heavy atom. The van der Waals surface area contributed by atoms with Crippen LogP contribution in [-0.2, 0) is 4.79 Å². The Labute approximate surface area is 131 Å². The van der Waals surface area contributed by atoms with Gasteiger partial charge in [0.15, 0.2) is 5.96 Å². The molecule has 0 aromatic heterocycles. The molecule has 1 unspecified atom stereocenters. The highest BCUT2D eigenvalue weighted by molar-refractivity contribution is 6.30. The van der Waals surface area contributed by atoms with Gasteiger partial charge in [-0.25, -0.2) is 4.99 Å². The minimum absolute atomic E-state index is 0.0379. The lowest BCUT2D eigenvalue weighted by Crippen LogP contribution is -2.39. The Balaban J connectivity index is 2.73. The third-order valence-electron chi connectivity index (χ3n) is 2.92. The first-order valence-electron chi connectivity index (χ1n) is 6.94. The Hall–Kier alpha value is -1.75. The van der Waals surface area contributed by atoms with E-state index in [1.54, 1.807) is 14.1 Å². The molecule has 1 aromatic rings. The monoisotopic (exact) mass is 310 g/mol. The fourth-order valence-corrected chi connectivity index (χ4v) is 1.87. The zero-order chi connectivity index (χ0) is 15.8. The van der Waals surface area contributed by atoms with Crippen LogP contribution < -0.4 is 10.6 Å². The van der Waals surface area contributed by atoms with Gasteiger partial charge in [-0.1, -0.05) is 23.7 Å². The molecular weight excluding hydrogens is 288 g/mol. The second-order valence-corrected chi connectivity index (χ2v) is 5.34. The van der Waals surface area contributed by atoms with Gasteiger partial charge in [-0.05, 0) is 31.5 Å². The molecule has 1 aromatic carbocycles. The van der Waals surface area contributed by atoms with Crippen molar-refractivity contribution in [1.29, 1.82) is 0 Å². The topological polar surface area (TPSA) is 56.7 Å². The van der Waals surface area contributed by atoms with Crippen molar-refractivity contribution < 1.29 is 4.79 Å². The van der Waals surface area contributed by atoms with Crippen molar-refractivity contribution in [3.05, 3.63) is 34.9 Å². The Morgan fingerprint density at radius 3 is 2.71 bits per heavy atom. The first kappa shape index (κ1) is 17.3. The SMILES string of the molecule is CCNC(=NCC(=O)N(C)C)NC(C)c1cccc(Cl)c1. The lowest BCUT2D eigenvalue weighted by molar-refractivity contribution is -0.127. The molecule has 0 aliphatic heterocycles. The number of hydrogen-bond acceptors (Lipinski definition) is 2. The van der Waals surface area contributed by atoms with Crippen LogP contribution in [0.15, 0.2) is 29.3 Å². The highest BCUT2D eigenvalue weighted by atomic mass is 35.5. The molecule has 0 bridgehead atoms. The summed E-state index contributed by atoms with van der Waals surface area (Å²) < 4.78 is 0. The summed E-state index contributed by atoms with van der Waals surface area (Å²) in [4.78, 5) is 17.4. The van der Waals surface area contributed by atoms with Crippen LogP contribution in [0.2, 0.25) is 5.02 Å². The smallest absolute Gasteiger partial charge is 0.243 e. The van der Waals surface area contributed by atoms with Crippen LogP contribution in [0.5, 0.6) is 0 Å². The van der Waals surface area contributed by atoms with E-state index in [1.165, 1.54) is 4.90 Å². The summed E-state index contributed by atoms with van der Waals surface area (Å²) in [5.41, 5.74) is 1.06. The molecule has 0 spiro atoms. The second-order valence-electron chi connectivity index (χ2n) is 4.90. The first-order valence-corrected chi connectivity index (χ1v) is 7.32. The molecule has 1 rings (SSSR count). The summed E-state index contributed by atoms with van der Waals surface area (Å²) in [6, 6.07) is 7.70. The van der Waals surface area contributed by atoms with Gasteiger partial charge in [-0.3, -0.25) is 4.79 Å². The van der Waals surface area contributed by atoms with Crippen LogP contribution in [0.4, 0.5) is 0 Å². The number of benzene rings is 1. The highest BCUT2D eigenvalue weighted by Gasteiger charge is 2.09. The predicted molar refractivity (Wildman–Crippen MR) is 87.7 cm³/mol. The zero-order valence-corrected chi connectivity index (χ0v) is 13.7. The molecule has 1 atom stereocenters. The van der Waals surface area contributed by atoms with Gasteiger partial charge in [-0.2, -0.15) is 0 Å². The van der Waals surface area contributed by atoms with Crippen molar-refractivity contribution in [1.82, 2.24) is 15.5 Å². The number of carbonyl (C=O) groups excluding carboxylic acids is 1. The lowest BCUT2D eigenvalue weighted by Gasteiger charge is -2.18. The number of likely N-dealkylation sites (N-methyl/N-ethyl adjacent to an activating group) is 1. The number of aliphatic imine (C=N–C) groups is 1. The van der Waals surface area contributed by atoms with E-state index in [4.69, 9.17) is 11.6 Å². The van der Waals surface area contributed by atoms with Crippen molar-refractivity contribution in [3.63, 3.8) is 0 Å². The maximum atomic E-state index is 11.6. The molecule has 0 aliphatic carbocycles. The highest BCUT2D eigenvalue weighted by Crippen LogP contribution is 2.17. The summed E-state index contributed by atoms with van der Waals surface area (Å²) in [6.07, 6.45) is 0. The largest absolute Gasteiger partial charge is 0.357 e. The van der Waals surface area contributed by atoms with Gasteiger partial charge in [0, 0.05) is 25.7 Å². The lowest BCUT2D eigenvalue weighted by atomic mass is 10.1. The molecule has 116 valence electrons. The van der Waals surface area contributed by atoms with Crippen molar-refractivity contribution in [2.24, 2.45) is 4.99 Å². The number of nitrogens with zero attached hydrogens (tertiary/aromatic N) is 2. The van der Waals surface area contributed by atoms with Crippen LogP contribution in [-0.4, -0.2) is 44.0 Å². The van der Waals surface area contributed by atoms with Gasteiger partial charge in [0.2, 0.25) is 5.91 Å². The van der Waals surface area contributed by atoms with E-state index in [2.05, 4.69) is 15.6 Å². The third-order valence-corrected chi connectivity index (χ3v) is 3.15. The van der Waals surface area contributed by atoms with Crippen molar-refractivity contribution in [3.8, 4) is 0 Å². The van der Waals surface area contributed by atoms with Crippen LogP contribution in [0, 0.1) is 0 Å². The molecule has 0 radical (unpaired) electrons. The fourth-order valence-electron chi connectivity index (χ4n) is 1.67. The Kier molecular flexibility index (Phi) is 7.02. The van der Waals surface area contributed by atoms with Crippen molar-refractivity contribution in [2.75, 3.05) is 27.2 Å². The average molecular weight is 311 g/mol. The number of rotatable bonds is 5. The van der Waals surface area contributed by atoms with Crippen LogP contribution >= 0.6 is 11.6 Å². The van der Waals surface area contributed by atoms with Gasteiger partial charge in [0.1, 0.15) is 6.54 Å². The molecule has 0 aliphatic rings. The normalized spacial score (nSPS) is 12.7. The van der Waals surface area contributed by atoms with E-state index in [9.17, 15) is 4.79 Å². The maximum absolute atomic E-state index is 11.6. The number of carbonyl (C=O) groups is 1. The van der Waals surface area contributed by atoms with Gasteiger partial charge >= 0.3 is 0 Å². The molecular formula is C15H23ClN4O. The van der Waals surface area contributed by atoms with Crippen LogP contribution in [0.25, 0.3) is 0 Å². The van der Waals surface area contributed by atoms with Gasteiger partial charge < -0.3 is 15.5 Å². The third kappa shape index (κ3) is 6.04. The summed E-state index contributed by atoms with van der Waals surface area (Å²) in [7, 11) is 3.43. The van der Waals surface area contributed by atoms with Crippen molar-refractivity contribution in [2.45, 2.75) is 19.9 Å². The van der Waals surface area contributed by atoms with Gasteiger partial charge in [0.25, 0.3) is 0 Å². The number of halogens is 1. The molecule has 5 nitrogen and oxygen atoms in total. The average Bonchev–Trinajstić information content (AvgIpc) is 2.44. The minimum Gasteiger partial charge on any atom is -0.357 e. The zero-order valence-electron chi connectivity index (χ0n) is 13.0. The number of guanidine groups is 1. The van der Waals surface area contributed by atoms with Gasteiger partial charge in [-0.15, -0.1) is 0 Å². The standard InChI is InChI=1S/C15H23ClN4O/c1-5-17-15(18-10-14(21)20(3)4)19-11(2)12-7-6-8-13(16)9-12/h6-9,11H,5,10H2,1-4H3,(H2,17,18,19). The van der Waals surface area contributed by atoms with Crippen LogP contribution in [0.1, 0.15) is 25.5 Å². The summed E-state index contributed by atoms with van der Waals surface area (Å²) in [5.74, 6) is 0.572. The molecule has 6 heteroatoms. The quantitative estimate of drug-likeness (QED) is 0.646. The van der Waals surface area contributed by atoms with E-state index in [0.717, 1.165) is 12.1 Å². The first-order chi connectivity index (χ1) is 9.93. The van der Waals surface area contributed by atoms with E-state index in [1.807, 2.05) is 38.1 Å². The summed E-state index contributed by atoms with van der Waals surface area (Å²) in [5, 5.41) is 7.09. The molecule has 0 heterocycles. The Morgan fingerprint density at radius 1 is 1.43 bits per heavy atom. The molecule has 0 saturated carbocycles. The van der Waals surface area contributed by atoms with E-state index in [0.29, 0.717) is 11.0 Å². The number of nitrogens with one attached hydrogen (secondary N) is 2. The van der Waals surface area contributed by atoms with Crippen molar-refractivity contribution >= 4 is 23.5 Å². The Bertz CT molecular complexity index is 502. The summed E-state index contributed by atoms with van der Waals surface area (Å²) >= 11 is 6.00. The molecule has 0 saturated heterocycles. The molecule has 2 N–H and O–H groups in total. The minimum atomic E-state index is -0.0392. The number of hydrogen-bond donors (Lipinski definition) is 2. The van der Waals surface area contributed by atoms with E-state index in [-0.39, 0.29) is 18.5 Å². The molecule has 1 amide bonds. The predicted octanol–water partition coefficient (Wildman–Crippen LogP) is 2.04. The maximum Gasteiger partial charge on any atom is 0.243 e. The fraction of sp³-hybridized carbons (Fsp3) is 0.467. The van der Waals surface area contributed by atoms with E-state index < -0.39 is 0 Å². The summed E-state index contributed by atoms with van der Waals surface area (Å²) in [6.45, 7) is 4.84.